The van der Waals surface area contributed by atoms with Gasteiger partial charge >= 0.3 is 0 Å². The number of hydrogen-bond donors (Lipinski definition) is 1. The van der Waals surface area contributed by atoms with Gasteiger partial charge < -0.3 is 0 Å². The van der Waals surface area contributed by atoms with Gasteiger partial charge in [0.05, 0.1) is 12.8 Å². The van der Waals surface area contributed by atoms with E-state index in [0.29, 0.717) is 0 Å². The molecule has 3 nitrogen and oxygen atoms in total. The van der Waals surface area contributed by atoms with Crippen molar-refractivity contribution >= 4 is 17.6 Å². The molecule has 0 aliphatic carbocycles. The largest absolute Gasteiger partial charge is 0.279 e. The van der Waals surface area contributed by atoms with Gasteiger partial charge in [0.15, 0.2) is 0 Å². The van der Waals surface area contributed by atoms with E-state index in [0.717, 1.165) is 24.5 Å². The van der Waals surface area contributed by atoms with Crippen LogP contribution in [0.1, 0.15) is 19.4 Å². The van der Waals surface area contributed by atoms with E-state index in [4.69, 9.17) is 4.84 Å². The lowest BCUT2D eigenvalue weighted by atomic mass is 10.2. The van der Waals surface area contributed by atoms with Crippen molar-refractivity contribution < 1.29 is 4.84 Å². The fraction of sp³-hybridized carbons (Fsp3) is 0.500. The summed E-state index contributed by atoms with van der Waals surface area (Å²) in [6.45, 7) is 6.52. The SMILES string of the molecule is CCN(CC)SCc1cccc(NOC)c1. The molecule has 1 aromatic carbocycles. The van der Waals surface area contributed by atoms with Crippen LogP contribution in [0.4, 0.5) is 5.69 Å². The van der Waals surface area contributed by atoms with Crippen molar-refractivity contribution in [2.24, 2.45) is 0 Å². The first kappa shape index (κ1) is 13.4. The molecule has 1 rings (SSSR count). The minimum absolute atomic E-state index is 1.00. The summed E-state index contributed by atoms with van der Waals surface area (Å²) >= 11 is 1.87. The van der Waals surface area contributed by atoms with Crippen molar-refractivity contribution in [1.82, 2.24) is 4.31 Å². The van der Waals surface area contributed by atoms with Gasteiger partial charge in [-0.3, -0.25) is 14.6 Å². The highest BCUT2D eigenvalue weighted by Crippen LogP contribution is 2.19. The van der Waals surface area contributed by atoms with Crippen molar-refractivity contribution in [1.29, 1.82) is 0 Å². The third-order valence-electron chi connectivity index (χ3n) is 2.27. The Bertz CT molecular complexity index is 303. The normalized spacial score (nSPS) is 10.8. The second-order valence-electron chi connectivity index (χ2n) is 3.39. The summed E-state index contributed by atoms with van der Waals surface area (Å²) in [5, 5.41) is 0. The van der Waals surface area contributed by atoms with Crippen molar-refractivity contribution in [2.75, 3.05) is 25.7 Å². The number of nitrogens with zero attached hydrogens (tertiary/aromatic N) is 1. The quantitative estimate of drug-likeness (QED) is 0.584. The third-order valence-corrected chi connectivity index (χ3v) is 3.61. The van der Waals surface area contributed by atoms with Gasteiger partial charge in [-0.25, -0.2) is 0 Å². The summed E-state index contributed by atoms with van der Waals surface area (Å²) in [5.74, 6) is 1.00. The van der Waals surface area contributed by atoms with Crippen molar-refractivity contribution in [2.45, 2.75) is 19.6 Å². The van der Waals surface area contributed by atoms with Crippen LogP contribution in [-0.2, 0) is 10.6 Å². The van der Waals surface area contributed by atoms with Crippen LogP contribution in [0.3, 0.4) is 0 Å². The van der Waals surface area contributed by atoms with E-state index in [1.54, 1.807) is 7.11 Å². The lowest BCUT2D eigenvalue weighted by molar-refractivity contribution is 0.271. The summed E-state index contributed by atoms with van der Waals surface area (Å²) in [6, 6.07) is 8.28. The first-order chi connectivity index (χ1) is 7.80. The number of hydrogen-bond acceptors (Lipinski definition) is 4. The van der Waals surface area contributed by atoms with E-state index in [1.165, 1.54) is 5.56 Å². The first-order valence-corrected chi connectivity index (χ1v) is 6.50. The molecule has 0 unspecified atom stereocenters. The lowest BCUT2D eigenvalue weighted by Gasteiger charge is -2.16. The average molecular weight is 240 g/mol. The van der Waals surface area contributed by atoms with Gasteiger partial charge in [-0.05, 0) is 17.7 Å². The zero-order valence-corrected chi connectivity index (χ0v) is 11.0. The van der Waals surface area contributed by atoms with E-state index >= 15 is 0 Å². The topological polar surface area (TPSA) is 24.5 Å². The van der Waals surface area contributed by atoms with Gasteiger partial charge in [0.2, 0.25) is 0 Å². The second kappa shape index (κ2) is 7.54. The lowest BCUT2D eigenvalue weighted by Crippen LogP contribution is -2.14. The van der Waals surface area contributed by atoms with Crippen LogP contribution in [0.2, 0.25) is 0 Å². The molecule has 0 amide bonds. The zero-order valence-electron chi connectivity index (χ0n) is 10.2. The molecule has 0 radical (unpaired) electrons. The number of benzene rings is 1. The molecule has 0 aliphatic rings. The van der Waals surface area contributed by atoms with E-state index in [9.17, 15) is 0 Å². The summed E-state index contributed by atoms with van der Waals surface area (Å²) < 4.78 is 2.34. The van der Waals surface area contributed by atoms with E-state index < -0.39 is 0 Å². The zero-order chi connectivity index (χ0) is 11.8. The molecule has 4 heteroatoms. The molecule has 1 N–H and O–H groups in total. The second-order valence-corrected chi connectivity index (χ2v) is 4.46. The first-order valence-electron chi connectivity index (χ1n) is 5.56. The molecule has 0 aromatic heterocycles. The highest BCUT2D eigenvalue weighted by atomic mass is 32.2. The fourth-order valence-electron chi connectivity index (χ4n) is 1.41. The van der Waals surface area contributed by atoms with Crippen LogP contribution >= 0.6 is 11.9 Å². The van der Waals surface area contributed by atoms with Gasteiger partial charge in [-0.2, -0.15) is 0 Å². The molecule has 0 atom stereocenters. The van der Waals surface area contributed by atoms with Crippen LogP contribution in [0.5, 0.6) is 0 Å². The Morgan fingerprint density at radius 3 is 2.69 bits per heavy atom. The van der Waals surface area contributed by atoms with E-state index in [1.807, 2.05) is 24.1 Å². The number of nitrogens with one attached hydrogen (secondary N) is 1. The summed E-state index contributed by atoms with van der Waals surface area (Å²) in [4.78, 5) is 4.88. The van der Waals surface area contributed by atoms with Crippen LogP contribution in [0.25, 0.3) is 0 Å². The molecule has 0 spiro atoms. The number of rotatable bonds is 7. The van der Waals surface area contributed by atoms with Crippen LogP contribution < -0.4 is 5.48 Å². The highest BCUT2D eigenvalue weighted by Gasteiger charge is 2.01. The number of anilines is 1. The third kappa shape index (κ3) is 4.43. The molecule has 90 valence electrons. The van der Waals surface area contributed by atoms with Crippen LogP contribution in [-0.4, -0.2) is 24.5 Å². The van der Waals surface area contributed by atoms with Gasteiger partial charge in [0.1, 0.15) is 0 Å². The van der Waals surface area contributed by atoms with Gasteiger partial charge in [0, 0.05) is 18.8 Å². The molecule has 0 aliphatic heterocycles. The molecular formula is C12H20N2OS. The van der Waals surface area contributed by atoms with Gasteiger partial charge in [-0.1, -0.05) is 37.9 Å². The average Bonchev–Trinajstić information content (AvgIpc) is 2.31. The minimum atomic E-state index is 1.00. The van der Waals surface area contributed by atoms with Gasteiger partial charge in [-0.15, -0.1) is 0 Å². The molecule has 0 saturated carbocycles. The van der Waals surface area contributed by atoms with Gasteiger partial charge in [0.25, 0.3) is 0 Å². The van der Waals surface area contributed by atoms with Crippen molar-refractivity contribution in [3.8, 4) is 0 Å². The minimum Gasteiger partial charge on any atom is -0.279 e. The summed E-state index contributed by atoms with van der Waals surface area (Å²) in [7, 11) is 1.62. The fourth-order valence-corrected chi connectivity index (χ4v) is 2.29. The maximum absolute atomic E-state index is 4.88. The van der Waals surface area contributed by atoms with Crippen molar-refractivity contribution in [3.05, 3.63) is 29.8 Å². The monoisotopic (exact) mass is 240 g/mol. The summed E-state index contributed by atoms with van der Waals surface area (Å²) in [6.07, 6.45) is 0. The van der Waals surface area contributed by atoms with Crippen LogP contribution in [0, 0.1) is 0 Å². The summed E-state index contributed by atoms with van der Waals surface area (Å²) in [5.41, 5.74) is 5.15. The van der Waals surface area contributed by atoms with Crippen LogP contribution in [0.15, 0.2) is 24.3 Å². The maximum atomic E-state index is 4.88. The predicted molar refractivity (Wildman–Crippen MR) is 71.3 cm³/mol. The maximum Gasteiger partial charge on any atom is 0.0636 e. The molecule has 0 fully saturated rings. The highest BCUT2D eigenvalue weighted by molar-refractivity contribution is 7.96. The Balaban J connectivity index is 2.49. The van der Waals surface area contributed by atoms with E-state index in [2.05, 4.69) is 35.8 Å². The predicted octanol–water partition coefficient (Wildman–Crippen LogP) is 3.15. The van der Waals surface area contributed by atoms with Crippen molar-refractivity contribution in [3.63, 3.8) is 0 Å². The van der Waals surface area contributed by atoms with E-state index in [-0.39, 0.29) is 0 Å². The molecular weight excluding hydrogens is 220 g/mol. The molecule has 0 bridgehead atoms. The standard InChI is InChI=1S/C12H20N2OS/c1-4-14(5-2)16-10-11-7-6-8-12(9-11)13-15-3/h6-9,13H,4-5,10H2,1-3H3. The Labute approximate surface area is 102 Å². The molecule has 0 saturated heterocycles. The smallest absolute Gasteiger partial charge is 0.0636 e. The Morgan fingerprint density at radius 1 is 1.31 bits per heavy atom. The molecule has 1 aromatic rings. The molecule has 16 heavy (non-hydrogen) atoms. The Morgan fingerprint density at radius 2 is 2.06 bits per heavy atom. The molecule has 0 heterocycles. The Hall–Kier alpha value is -0.710. The Kier molecular flexibility index (Phi) is 6.30.